The molecule has 0 saturated heterocycles. The van der Waals surface area contributed by atoms with Crippen molar-refractivity contribution in [1.29, 1.82) is 0 Å². The number of aliphatic imine (C=N–C) groups is 2. The summed E-state index contributed by atoms with van der Waals surface area (Å²) in [4.78, 5) is 13.7. The first kappa shape index (κ1) is 18.7. The molecule has 0 aliphatic carbocycles. The highest BCUT2D eigenvalue weighted by molar-refractivity contribution is 5.85. The summed E-state index contributed by atoms with van der Waals surface area (Å²) in [6.07, 6.45) is 3.70. The van der Waals surface area contributed by atoms with E-state index in [1.54, 1.807) is 0 Å². The third-order valence-corrected chi connectivity index (χ3v) is 4.81. The van der Waals surface area contributed by atoms with Gasteiger partial charge in [-0.15, -0.1) is 0 Å². The summed E-state index contributed by atoms with van der Waals surface area (Å²) in [5, 5.41) is 0. The smallest absolute Gasteiger partial charge is 0.227 e. The Balaban J connectivity index is 1.35. The van der Waals surface area contributed by atoms with E-state index in [0.29, 0.717) is 5.89 Å². The van der Waals surface area contributed by atoms with E-state index >= 15 is 0 Å². The number of hydrogen-bond acceptors (Lipinski definition) is 4. The van der Waals surface area contributed by atoms with Crippen LogP contribution < -0.4 is 0 Å². The van der Waals surface area contributed by atoms with Crippen LogP contribution in [0.25, 0.3) is 22.6 Å². The van der Waals surface area contributed by atoms with Crippen LogP contribution in [0.1, 0.15) is 11.1 Å². The van der Waals surface area contributed by atoms with Crippen LogP contribution in [-0.4, -0.2) is 17.4 Å². The minimum atomic E-state index is 0.581. The molecule has 1 aromatic heterocycles. The largest absolute Gasteiger partial charge is 0.436 e. The molecule has 0 radical (unpaired) electrons. The molecule has 0 aliphatic heterocycles. The lowest BCUT2D eigenvalue weighted by Gasteiger charge is -1.97. The molecule has 0 saturated carbocycles. The second-order valence-corrected chi connectivity index (χ2v) is 7.06. The number of aromatic nitrogens is 1. The van der Waals surface area contributed by atoms with Crippen molar-refractivity contribution in [2.24, 2.45) is 9.98 Å². The third kappa shape index (κ3) is 4.49. The van der Waals surface area contributed by atoms with E-state index in [1.165, 1.54) is 0 Å². The van der Waals surface area contributed by atoms with Crippen LogP contribution in [0, 0.1) is 0 Å². The Hall–Kier alpha value is -4.31. The van der Waals surface area contributed by atoms with Crippen molar-refractivity contribution >= 4 is 34.9 Å². The number of fused-ring (bicyclic) bond motifs is 1. The van der Waals surface area contributed by atoms with Gasteiger partial charge in [0.1, 0.15) is 5.52 Å². The maximum atomic E-state index is 5.94. The molecule has 0 atom stereocenters. The Morgan fingerprint density at radius 1 is 0.613 bits per heavy atom. The van der Waals surface area contributed by atoms with Crippen LogP contribution in [0.2, 0.25) is 0 Å². The van der Waals surface area contributed by atoms with Crippen molar-refractivity contribution in [3.8, 4) is 11.5 Å². The zero-order valence-corrected chi connectivity index (χ0v) is 16.7. The zero-order chi connectivity index (χ0) is 20.9. The molecule has 0 unspecified atom stereocenters. The minimum absolute atomic E-state index is 0.581. The van der Waals surface area contributed by atoms with Crippen LogP contribution in [0.15, 0.2) is 118 Å². The molecule has 0 N–H and O–H groups in total. The number of nitrogens with zero attached hydrogens (tertiary/aromatic N) is 3. The molecule has 4 nitrogen and oxygen atoms in total. The van der Waals surface area contributed by atoms with Crippen LogP contribution in [0.4, 0.5) is 11.4 Å². The molecule has 0 fully saturated rings. The minimum Gasteiger partial charge on any atom is -0.436 e. The molecule has 0 spiro atoms. The van der Waals surface area contributed by atoms with Crippen molar-refractivity contribution < 1.29 is 4.42 Å². The van der Waals surface area contributed by atoms with E-state index in [4.69, 9.17) is 4.42 Å². The maximum Gasteiger partial charge on any atom is 0.227 e. The van der Waals surface area contributed by atoms with Crippen molar-refractivity contribution in [3.05, 3.63) is 114 Å². The fourth-order valence-corrected chi connectivity index (χ4v) is 3.19. The summed E-state index contributed by atoms with van der Waals surface area (Å²) in [6, 6.07) is 33.7. The predicted octanol–water partition coefficient (Wildman–Crippen LogP) is 7.00. The Labute approximate surface area is 180 Å². The van der Waals surface area contributed by atoms with Gasteiger partial charge in [0.15, 0.2) is 5.58 Å². The Kier molecular flexibility index (Phi) is 5.18. The van der Waals surface area contributed by atoms with E-state index in [-0.39, 0.29) is 0 Å². The molecule has 4 aromatic carbocycles. The van der Waals surface area contributed by atoms with Crippen LogP contribution in [-0.2, 0) is 0 Å². The maximum absolute atomic E-state index is 5.94. The highest BCUT2D eigenvalue weighted by Crippen LogP contribution is 2.28. The summed E-state index contributed by atoms with van der Waals surface area (Å²) in [5.41, 5.74) is 6.26. The first-order valence-electron chi connectivity index (χ1n) is 10.0. The first-order valence-corrected chi connectivity index (χ1v) is 10.0. The highest BCUT2D eigenvalue weighted by atomic mass is 16.3. The molecule has 4 heteroatoms. The Morgan fingerprint density at radius 2 is 1.19 bits per heavy atom. The number of oxazole rings is 1. The number of rotatable bonds is 5. The SMILES string of the molecule is C(=Nc1ccc(-c2nc3cc(N=Cc4ccccc4)ccc3o2)cc1)c1ccccc1. The van der Waals surface area contributed by atoms with Gasteiger partial charge in [-0.2, -0.15) is 0 Å². The topological polar surface area (TPSA) is 50.8 Å². The molecule has 0 bridgehead atoms. The van der Waals surface area contributed by atoms with Crippen molar-refractivity contribution in [3.63, 3.8) is 0 Å². The van der Waals surface area contributed by atoms with E-state index < -0.39 is 0 Å². The standard InChI is InChI=1S/C27H19N3O/c1-3-7-20(8-4-1)18-28-23-13-11-22(12-14-23)27-30-25-17-24(15-16-26(25)31-27)29-19-21-9-5-2-6-10-21/h1-19H. The van der Waals surface area contributed by atoms with Gasteiger partial charge in [0.2, 0.25) is 5.89 Å². The Bertz CT molecular complexity index is 1350. The summed E-state index contributed by atoms with van der Waals surface area (Å²) in [6.45, 7) is 0. The average molecular weight is 401 g/mol. The van der Waals surface area contributed by atoms with Gasteiger partial charge in [-0.05, 0) is 53.6 Å². The number of benzene rings is 4. The fourth-order valence-electron chi connectivity index (χ4n) is 3.19. The zero-order valence-electron chi connectivity index (χ0n) is 16.7. The summed E-state index contributed by atoms with van der Waals surface area (Å²) >= 11 is 0. The predicted molar refractivity (Wildman–Crippen MR) is 127 cm³/mol. The van der Waals surface area contributed by atoms with Crippen LogP contribution in [0.5, 0.6) is 0 Å². The van der Waals surface area contributed by atoms with Gasteiger partial charge in [0, 0.05) is 18.0 Å². The van der Waals surface area contributed by atoms with Crippen LogP contribution in [0.3, 0.4) is 0 Å². The lowest BCUT2D eigenvalue weighted by molar-refractivity contribution is 0.620. The lowest BCUT2D eigenvalue weighted by atomic mass is 10.2. The summed E-state index contributed by atoms with van der Waals surface area (Å²) in [7, 11) is 0. The Morgan fingerprint density at radius 3 is 1.84 bits per heavy atom. The summed E-state index contributed by atoms with van der Waals surface area (Å²) in [5.74, 6) is 0.581. The highest BCUT2D eigenvalue weighted by Gasteiger charge is 2.08. The van der Waals surface area contributed by atoms with Gasteiger partial charge in [-0.1, -0.05) is 60.7 Å². The normalized spacial score (nSPS) is 11.6. The van der Waals surface area contributed by atoms with E-state index in [0.717, 1.165) is 39.2 Å². The average Bonchev–Trinajstić information content (AvgIpc) is 3.26. The van der Waals surface area contributed by atoms with Gasteiger partial charge >= 0.3 is 0 Å². The van der Waals surface area contributed by atoms with E-state index in [1.807, 2.05) is 116 Å². The van der Waals surface area contributed by atoms with E-state index in [9.17, 15) is 0 Å². The lowest BCUT2D eigenvalue weighted by Crippen LogP contribution is -1.79. The van der Waals surface area contributed by atoms with Crippen molar-refractivity contribution in [2.45, 2.75) is 0 Å². The van der Waals surface area contributed by atoms with Crippen LogP contribution >= 0.6 is 0 Å². The van der Waals surface area contributed by atoms with E-state index in [2.05, 4.69) is 15.0 Å². The molecule has 148 valence electrons. The van der Waals surface area contributed by atoms with Crippen molar-refractivity contribution in [1.82, 2.24) is 4.98 Å². The summed E-state index contributed by atoms with van der Waals surface area (Å²) < 4.78 is 5.94. The second kappa shape index (κ2) is 8.59. The van der Waals surface area contributed by atoms with Gasteiger partial charge in [0.25, 0.3) is 0 Å². The van der Waals surface area contributed by atoms with Gasteiger partial charge in [-0.25, -0.2) is 4.98 Å². The number of hydrogen-bond donors (Lipinski definition) is 0. The van der Waals surface area contributed by atoms with Gasteiger partial charge in [0.05, 0.1) is 11.4 Å². The fraction of sp³-hybridized carbons (Fsp3) is 0. The molecule has 5 rings (SSSR count). The third-order valence-electron chi connectivity index (χ3n) is 4.81. The molecule has 31 heavy (non-hydrogen) atoms. The first-order chi connectivity index (χ1) is 15.3. The van der Waals surface area contributed by atoms with Gasteiger partial charge < -0.3 is 4.42 Å². The molecule has 0 aliphatic rings. The monoisotopic (exact) mass is 401 g/mol. The second-order valence-electron chi connectivity index (χ2n) is 7.06. The van der Waals surface area contributed by atoms with Gasteiger partial charge in [-0.3, -0.25) is 9.98 Å². The molecule has 5 aromatic rings. The quantitative estimate of drug-likeness (QED) is 0.298. The molecule has 1 heterocycles. The molecular weight excluding hydrogens is 382 g/mol. The van der Waals surface area contributed by atoms with Crippen molar-refractivity contribution in [2.75, 3.05) is 0 Å². The molecular formula is C27H19N3O. The molecule has 0 amide bonds.